The first-order valence-corrected chi connectivity index (χ1v) is 10.7. The first-order valence-electron chi connectivity index (χ1n) is 10.7. The maximum absolute atomic E-state index is 12.3. The molecule has 3 aromatic rings. The summed E-state index contributed by atoms with van der Waals surface area (Å²) >= 11 is 0. The van der Waals surface area contributed by atoms with Gasteiger partial charge in [0.05, 0.1) is 5.52 Å². The van der Waals surface area contributed by atoms with Crippen molar-refractivity contribution in [2.45, 2.75) is 31.7 Å². The predicted molar refractivity (Wildman–Crippen MR) is 118 cm³/mol. The summed E-state index contributed by atoms with van der Waals surface area (Å²) in [6, 6.07) is 19.7. The first-order chi connectivity index (χ1) is 14.2. The van der Waals surface area contributed by atoms with Crippen molar-refractivity contribution in [2.24, 2.45) is 5.92 Å². The Morgan fingerprint density at radius 1 is 0.966 bits per heavy atom. The van der Waals surface area contributed by atoms with E-state index in [1.165, 1.54) is 16.6 Å². The van der Waals surface area contributed by atoms with Crippen LogP contribution in [0.3, 0.4) is 0 Å². The Kier molecular flexibility index (Phi) is 4.70. The largest absolute Gasteiger partial charge is 0.371 e. The van der Waals surface area contributed by atoms with Gasteiger partial charge < -0.3 is 9.80 Å². The van der Waals surface area contributed by atoms with E-state index in [1.807, 2.05) is 18.3 Å². The molecule has 0 atom stereocenters. The molecular formula is C25H27N3O. The molecule has 0 radical (unpaired) electrons. The Morgan fingerprint density at radius 3 is 2.41 bits per heavy atom. The highest BCUT2D eigenvalue weighted by Crippen LogP contribution is 2.33. The average molecular weight is 386 g/mol. The van der Waals surface area contributed by atoms with Gasteiger partial charge in [0, 0.05) is 54.9 Å². The van der Waals surface area contributed by atoms with Gasteiger partial charge in [0.15, 0.2) is 0 Å². The van der Waals surface area contributed by atoms with Crippen molar-refractivity contribution >= 4 is 22.5 Å². The van der Waals surface area contributed by atoms with Gasteiger partial charge in [0.2, 0.25) is 5.91 Å². The molecule has 0 bridgehead atoms. The molecule has 1 aliphatic heterocycles. The second-order valence-corrected chi connectivity index (χ2v) is 8.41. The third-order valence-corrected chi connectivity index (χ3v) is 6.45. The number of aromatic nitrogens is 1. The van der Waals surface area contributed by atoms with Crippen molar-refractivity contribution in [1.29, 1.82) is 0 Å². The third kappa shape index (κ3) is 3.71. The summed E-state index contributed by atoms with van der Waals surface area (Å²) in [5.41, 5.74) is 4.59. The van der Waals surface area contributed by atoms with Crippen LogP contribution in [0.15, 0.2) is 60.8 Å². The van der Waals surface area contributed by atoms with E-state index in [9.17, 15) is 4.79 Å². The van der Waals surface area contributed by atoms with Gasteiger partial charge in [-0.25, -0.2) is 0 Å². The molecule has 2 heterocycles. The molecule has 1 aromatic heterocycles. The van der Waals surface area contributed by atoms with Crippen molar-refractivity contribution in [2.75, 3.05) is 25.0 Å². The number of anilines is 1. The maximum Gasteiger partial charge on any atom is 0.225 e. The molecule has 2 aromatic carbocycles. The number of fused-ring (bicyclic) bond motifs is 1. The van der Waals surface area contributed by atoms with Gasteiger partial charge in [0.25, 0.3) is 0 Å². The molecule has 0 spiro atoms. The van der Waals surface area contributed by atoms with Gasteiger partial charge in [-0.05, 0) is 55.5 Å². The molecule has 1 amide bonds. The molecule has 148 valence electrons. The third-order valence-electron chi connectivity index (χ3n) is 6.45. The second kappa shape index (κ2) is 7.51. The standard InChI is InChI=1S/C25H27N3O/c1-27(23-12-14-28(15-13-23)25(29)19-6-7-19)22-10-8-18(9-11-22)21-16-20-4-2-3-5-24(20)26-17-21/h2-5,8-11,16-17,19,23H,6-7,12-15H2,1H3. The average Bonchev–Trinajstić information content (AvgIpc) is 3.63. The molecule has 1 saturated heterocycles. The number of benzene rings is 2. The molecule has 1 saturated carbocycles. The number of carbonyl (C=O) groups excluding carboxylic acids is 1. The number of hydrogen-bond donors (Lipinski definition) is 0. The van der Waals surface area contributed by atoms with Crippen LogP contribution in [-0.4, -0.2) is 42.0 Å². The van der Waals surface area contributed by atoms with Crippen LogP contribution >= 0.6 is 0 Å². The van der Waals surface area contributed by atoms with Gasteiger partial charge >= 0.3 is 0 Å². The fourth-order valence-electron chi connectivity index (χ4n) is 4.39. The minimum atomic E-state index is 0.335. The lowest BCUT2D eigenvalue weighted by Gasteiger charge is -2.38. The number of pyridine rings is 1. The van der Waals surface area contributed by atoms with Crippen LogP contribution in [0.5, 0.6) is 0 Å². The summed E-state index contributed by atoms with van der Waals surface area (Å²) < 4.78 is 0. The van der Waals surface area contributed by atoms with Crippen LogP contribution < -0.4 is 4.90 Å². The van der Waals surface area contributed by atoms with Crippen molar-refractivity contribution in [3.63, 3.8) is 0 Å². The van der Waals surface area contributed by atoms with Crippen molar-refractivity contribution in [3.8, 4) is 11.1 Å². The van der Waals surface area contributed by atoms with Crippen LogP contribution in [0.2, 0.25) is 0 Å². The van der Waals surface area contributed by atoms with Crippen LogP contribution in [0, 0.1) is 5.92 Å². The minimum absolute atomic E-state index is 0.335. The van der Waals surface area contributed by atoms with E-state index in [0.29, 0.717) is 17.9 Å². The zero-order chi connectivity index (χ0) is 19.8. The van der Waals surface area contributed by atoms with Crippen LogP contribution in [0.25, 0.3) is 22.0 Å². The second-order valence-electron chi connectivity index (χ2n) is 8.41. The molecule has 5 rings (SSSR count). The zero-order valence-corrected chi connectivity index (χ0v) is 16.9. The van der Waals surface area contributed by atoms with Gasteiger partial charge in [-0.2, -0.15) is 0 Å². The topological polar surface area (TPSA) is 36.4 Å². The Bertz CT molecular complexity index is 1020. The lowest BCUT2D eigenvalue weighted by Crippen LogP contribution is -2.46. The maximum atomic E-state index is 12.3. The van der Waals surface area contributed by atoms with Gasteiger partial charge in [-0.1, -0.05) is 30.3 Å². The molecule has 0 unspecified atom stereocenters. The smallest absolute Gasteiger partial charge is 0.225 e. The highest BCUT2D eigenvalue weighted by Gasteiger charge is 2.35. The molecular weight excluding hydrogens is 358 g/mol. The molecule has 1 aliphatic carbocycles. The fraction of sp³-hybridized carbons (Fsp3) is 0.360. The lowest BCUT2D eigenvalue weighted by molar-refractivity contribution is -0.133. The Hall–Kier alpha value is -2.88. The summed E-state index contributed by atoms with van der Waals surface area (Å²) in [5, 5.41) is 1.17. The quantitative estimate of drug-likeness (QED) is 0.651. The number of rotatable bonds is 4. The van der Waals surface area contributed by atoms with Crippen LogP contribution in [0.4, 0.5) is 5.69 Å². The van der Waals surface area contributed by atoms with Crippen LogP contribution in [-0.2, 0) is 4.79 Å². The predicted octanol–water partition coefficient (Wildman–Crippen LogP) is 4.74. The van der Waals surface area contributed by atoms with E-state index in [-0.39, 0.29) is 0 Å². The summed E-state index contributed by atoms with van der Waals surface area (Å²) in [7, 11) is 2.18. The number of nitrogens with zero attached hydrogens (tertiary/aromatic N) is 3. The Balaban J connectivity index is 1.26. The fourth-order valence-corrected chi connectivity index (χ4v) is 4.39. The van der Waals surface area contributed by atoms with Crippen LogP contribution in [0.1, 0.15) is 25.7 Å². The van der Waals surface area contributed by atoms with Crippen molar-refractivity contribution in [3.05, 3.63) is 60.8 Å². The molecule has 4 heteroatoms. The highest BCUT2D eigenvalue weighted by molar-refractivity contribution is 5.83. The minimum Gasteiger partial charge on any atom is -0.371 e. The molecule has 2 fully saturated rings. The molecule has 29 heavy (non-hydrogen) atoms. The van der Waals surface area contributed by atoms with Gasteiger partial charge in [-0.3, -0.25) is 9.78 Å². The van der Waals surface area contributed by atoms with Crippen molar-refractivity contribution in [1.82, 2.24) is 9.88 Å². The first kappa shape index (κ1) is 18.2. The number of hydrogen-bond acceptors (Lipinski definition) is 3. The van der Waals surface area contributed by atoms with E-state index in [0.717, 1.165) is 49.9 Å². The monoisotopic (exact) mass is 385 g/mol. The van der Waals surface area contributed by atoms with Gasteiger partial charge in [-0.15, -0.1) is 0 Å². The number of para-hydroxylation sites is 1. The normalized spacial score (nSPS) is 17.5. The summed E-state index contributed by atoms with van der Waals surface area (Å²) in [4.78, 5) is 21.3. The van der Waals surface area contributed by atoms with E-state index in [4.69, 9.17) is 0 Å². The number of likely N-dealkylation sites (tertiary alicyclic amines) is 1. The lowest BCUT2D eigenvalue weighted by atomic mass is 10.0. The van der Waals surface area contributed by atoms with Gasteiger partial charge in [0.1, 0.15) is 0 Å². The number of amides is 1. The SMILES string of the molecule is CN(c1ccc(-c2cnc3ccccc3c2)cc1)C1CCN(C(=O)C2CC2)CC1. The van der Waals surface area contributed by atoms with E-state index in [2.05, 4.69) is 64.3 Å². The van der Waals surface area contributed by atoms with E-state index < -0.39 is 0 Å². The summed E-state index contributed by atoms with van der Waals surface area (Å²) in [6.07, 6.45) is 6.24. The molecule has 0 N–H and O–H groups in total. The Labute approximate surface area is 172 Å². The number of piperidine rings is 1. The van der Waals surface area contributed by atoms with Crippen molar-refractivity contribution < 1.29 is 4.79 Å². The van der Waals surface area contributed by atoms with E-state index in [1.54, 1.807) is 0 Å². The summed E-state index contributed by atoms with van der Waals surface area (Å²) in [6.45, 7) is 1.79. The molecule has 2 aliphatic rings. The molecule has 4 nitrogen and oxygen atoms in total. The van der Waals surface area contributed by atoms with E-state index >= 15 is 0 Å². The zero-order valence-electron chi connectivity index (χ0n) is 16.9. The highest BCUT2D eigenvalue weighted by atomic mass is 16.2. The Morgan fingerprint density at radius 2 is 1.69 bits per heavy atom. The number of carbonyl (C=O) groups is 1. The summed E-state index contributed by atoms with van der Waals surface area (Å²) in [5.74, 6) is 0.723.